The van der Waals surface area contributed by atoms with Gasteiger partial charge in [0.05, 0.1) is 0 Å². The van der Waals surface area contributed by atoms with Gasteiger partial charge in [0.1, 0.15) is 12.4 Å². The van der Waals surface area contributed by atoms with E-state index in [2.05, 4.69) is 17.6 Å². The number of benzene rings is 1. The molecule has 2 atom stereocenters. The number of nitrogens with one attached hydrogen (secondary N) is 2. The van der Waals surface area contributed by atoms with Crippen molar-refractivity contribution >= 4 is 29.7 Å². The van der Waals surface area contributed by atoms with E-state index >= 15 is 0 Å². The molecule has 4 nitrogen and oxygen atoms in total. The quantitative estimate of drug-likeness (QED) is 0.851. The Morgan fingerprint density at radius 3 is 3.00 bits per heavy atom. The van der Waals surface area contributed by atoms with Gasteiger partial charge >= 0.3 is 0 Å². The fourth-order valence-electron chi connectivity index (χ4n) is 2.71. The molecule has 1 fully saturated rings. The first-order valence-corrected chi connectivity index (χ1v) is 8.87. The van der Waals surface area contributed by atoms with E-state index in [-0.39, 0.29) is 24.4 Å². The van der Waals surface area contributed by atoms with Crippen LogP contribution in [0.2, 0.25) is 0 Å². The van der Waals surface area contributed by atoms with Crippen molar-refractivity contribution in [3.8, 4) is 5.75 Å². The second kappa shape index (κ2) is 9.06. The van der Waals surface area contributed by atoms with Gasteiger partial charge in [0.25, 0.3) is 5.91 Å². The van der Waals surface area contributed by atoms with Crippen molar-refractivity contribution in [2.75, 3.05) is 13.1 Å². The van der Waals surface area contributed by atoms with Gasteiger partial charge in [-0.25, -0.2) is 0 Å². The molecule has 0 bridgehead atoms. The summed E-state index contributed by atoms with van der Waals surface area (Å²) in [7, 11) is 0. The van der Waals surface area contributed by atoms with Crippen LogP contribution in [0.3, 0.4) is 0 Å². The summed E-state index contributed by atoms with van der Waals surface area (Å²) in [4.78, 5) is 13.6. The topological polar surface area (TPSA) is 50.4 Å². The number of hydrogen-bond acceptors (Lipinski definition) is 4. The van der Waals surface area contributed by atoms with Crippen molar-refractivity contribution in [3.63, 3.8) is 0 Å². The summed E-state index contributed by atoms with van der Waals surface area (Å²) in [5.74, 6) is 1.19. The monoisotopic (exact) mass is 366 g/mol. The minimum atomic E-state index is -0.0351. The van der Waals surface area contributed by atoms with Gasteiger partial charge in [-0.15, -0.1) is 23.7 Å². The van der Waals surface area contributed by atoms with Crippen molar-refractivity contribution in [1.82, 2.24) is 10.6 Å². The maximum Gasteiger partial charge on any atom is 0.251 e. The number of thiophene rings is 1. The number of carbonyl (C=O) groups is 1. The van der Waals surface area contributed by atoms with Crippen molar-refractivity contribution in [3.05, 3.63) is 52.2 Å². The Hall–Kier alpha value is -1.56. The van der Waals surface area contributed by atoms with E-state index in [1.54, 1.807) is 11.3 Å². The molecule has 1 aromatic carbocycles. The summed E-state index contributed by atoms with van der Waals surface area (Å²) in [5.41, 5.74) is 0.645. The third-order valence-electron chi connectivity index (χ3n) is 4.20. The van der Waals surface area contributed by atoms with E-state index in [1.807, 2.05) is 41.8 Å². The summed E-state index contributed by atoms with van der Waals surface area (Å²) in [5, 5.41) is 8.49. The third-order valence-corrected chi connectivity index (χ3v) is 5.05. The van der Waals surface area contributed by atoms with E-state index in [0.29, 0.717) is 18.1 Å². The van der Waals surface area contributed by atoms with E-state index in [0.717, 1.165) is 25.3 Å². The zero-order chi connectivity index (χ0) is 16.1. The van der Waals surface area contributed by atoms with Crippen LogP contribution in [0.4, 0.5) is 0 Å². The van der Waals surface area contributed by atoms with Gasteiger partial charge in [-0.3, -0.25) is 4.79 Å². The molecule has 0 spiro atoms. The molecule has 1 aliphatic heterocycles. The Labute approximate surface area is 153 Å². The van der Waals surface area contributed by atoms with Crippen LogP contribution in [0.25, 0.3) is 0 Å². The molecular formula is C18H23ClN2O2S. The SMILES string of the molecule is CC1CCNCC1NC(=O)c1cccc(OCc2cccs2)c1.Cl. The molecule has 0 radical (unpaired) electrons. The molecular weight excluding hydrogens is 344 g/mol. The number of ether oxygens (including phenoxy) is 1. The van der Waals surface area contributed by atoms with Gasteiger partial charge < -0.3 is 15.4 Å². The minimum absolute atomic E-state index is 0. The predicted molar refractivity (Wildman–Crippen MR) is 100 cm³/mol. The number of halogens is 1. The zero-order valence-corrected chi connectivity index (χ0v) is 15.3. The number of carbonyl (C=O) groups excluding carboxylic acids is 1. The van der Waals surface area contributed by atoms with E-state index in [4.69, 9.17) is 4.74 Å². The van der Waals surface area contributed by atoms with Crippen LogP contribution in [0.15, 0.2) is 41.8 Å². The fraction of sp³-hybridized carbons (Fsp3) is 0.389. The Kier molecular flexibility index (Phi) is 7.09. The number of hydrogen-bond donors (Lipinski definition) is 2. The van der Waals surface area contributed by atoms with Crippen LogP contribution in [0.5, 0.6) is 5.75 Å². The molecule has 2 N–H and O–H groups in total. The van der Waals surface area contributed by atoms with Crippen molar-refractivity contribution in [1.29, 1.82) is 0 Å². The molecule has 1 aromatic heterocycles. The first-order valence-electron chi connectivity index (χ1n) is 7.99. The first-order chi connectivity index (χ1) is 11.2. The summed E-state index contributed by atoms with van der Waals surface area (Å²) < 4.78 is 5.77. The highest BCUT2D eigenvalue weighted by atomic mass is 35.5. The van der Waals surface area contributed by atoms with Crippen LogP contribution >= 0.6 is 23.7 Å². The summed E-state index contributed by atoms with van der Waals surface area (Å²) >= 11 is 1.66. The largest absolute Gasteiger partial charge is 0.488 e. The second-order valence-electron chi connectivity index (χ2n) is 5.95. The van der Waals surface area contributed by atoms with E-state index < -0.39 is 0 Å². The van der Waals surface area contributed by atoms with E-state index in [9.17, 15) is 4.79 Å². The van der Waals surface area contributed by atoms with Crippen LogP contribution < -0.4 is 15.4 Å². The van der Waals surface area contributed by atoms with Gasteiger partial charge in [0.15, 0.2) is 0 Å². The highest BCUT2D eigenvalue weighted by Crippen LogP contribution is 2.18. The lowest BCUT2D eigenvalue weighted by Crippen LogP contribution is -2.50. The summed E-state index contributed by atoms with van der Waals surface area (Å²) in [6, 6.07) is 11.6. The average molecular weight is 367 g/mol. The number of rotatable bonds is 5. The molecule has 1 aliphatic rings. The predicted octanol–water partition coefficient (Wildman–Crippen LogP) is 3.48. The normalized spacial score (nSPS) is 20.0. The zero-order valence-electron chi connectivity index (χ0n) is 13.7. The minimum Gasteiger partial charge on any atom is -0.488 e. The van der Waals surface area contributed by atoms with Crippen molar-refractivity contribution in [2.45, 2.75) is 26.0 Å². The lowest BCUT2D eigenvalue weighted by Gasteiger charge is -2.30. The Morgan fingerprint density at radius 1 is 1.38 bits per heavy atom. The standard InChI is InChI=1S/C18H22N2O2S.ClH/c1-13-7-8-19-11-17(13)20-18(21)14-4-2-5-15(10-14)22-12-16-6-3-9-23-16;/h2-6,9-10,13,17,19H,7-8,11-12H2,1H3,(H,20,21);1H. The molecule has 2 heterocycles. The second-order valence-corrected chi connectivity index (χ2v) is 6.98. The molecule has 3 rings (SSSR count). The smallest absolute Gasteiger partial charge is 0.251 e. The molecule has 130 valence electrons. The summed E-state index contributed by atoms with van der Waals surface area (Å²) in [6.07, 6.45) is 1.09. The van der Waals surface area contributed by atoms with Gasteiger partial charge in [-0.1, -0.05) is 19.1 Å². The molecule has 6 heteroatoms. The van der Waals surface area contributed by atoms with Gasteiger partial charge in [0.2, 0.25) is 0 Å². The maximum atomic E-state index is 12.5. The molecule has 1 saturated heterocycles. The van der Waals surface area contributed by atoms with Crippen LogP contribution in [-0.4, -0.2) is 25.0 Å². The van der Waals surface area contributed by atoms with Crippen LogP contribution in [0.1, 0.15) is 28.6 Å². The molecule has 1 amide bonds. The number of piperidine rings is 1. The van der Waals surface area contributed by atoms with Gasteiger partial charge in [-0.05, 0) is 48.5 Å². The Bertz CT molecular complexity index is 648. The third kappa shape index (κ3) is 4.97. The van der Waals surface area contributed by atoms with Gasteiger partial charge in [0, 0.05) is 23.0 Å². The summed E-state index contributed by atoms with van der Waals surface area (Å²) in [6.45, 7) is 4.58. The fourth-order valence-corrected chi connectivity index (χ4v) is 3.33. The highest BCUT2D eigenvalue weighted by molar-refractivity contribution is 7.09. The molecule has 0 aliphatic carbocycles. The van der Waals surface area contributed by atoms with Gasteiger partial charge in [-0.2, -0.15) is 0 Å². The Balaban J connectivity index is 0.00000208. The maximum absolute atomic E-state index is 12.5. The Morgan fingerprint density at radius 2 is 2.25 bits per heavy atom. The molecule has 2 aromatic rings. The lowest BCUT2D eigenvalue weighted by atomic mass is 9.94. The number of amides is 1. The lowest BCUT2D eigenvalue weighted by molar-refractivity contribution is 0.0914. The molecule has 24 heavy (non-hydrogen) atoms. The highest BCUT2D eigenvalue weighted by Gasteiger charge is 2.23. The molecule has 0 saturated carbocycles. The van der Waals surface area contributed by atoms with Crippen LogP contribution in [0, 0.1) is 5.92 Å². The van der Waals surface area contributed by atoms with Crippen molar-refractivity contribution in [2.24, 2.45) is 5.92 Å². The van der Waals surface area contributed by atoms with E-state index in [1.165, 1.54) is 4.88 Å². The van der Waals surface area contributed by atoms with Crippen LogP contribution in [-0.2, 0) is 6.61 Å². The average Bonchev–Trinajstić information content (AvgIpc) is 3.09. The van der Waals surface area contributed by atoms with Crippen molar-refractivity contribution < 1.29 is 9.53 Å². The first kappa shape index (κ1) is 18.8. The molecule has 2 unspecified atom stereocenters.